The number of hydrogen-bond donors (Lipinski definition) is 3. The third-order valence-corrected chi connectivity index (χ3v) is 2.03. The van der Waals surface area contributed by atoms with Crippen LogP contribution in [0.2, 0.25) is 0 Å². The molecule has 0 aliphatic heterocycles. The van der Waals surface area contributed by atoms with Crippen LogP contribution in [-0.4, -0.2) is 41.7 Å². The number of aliphatic hydroxyl groups excluding tert-OH is 3. The van der Waals surface area contributed by atoms with Crippen LogP contribution in [-0.2, 0) is 0 Å². The second-order valence-electron chi connectivity index (χ2n) is 4.29. The first-order valence-corrected chi connectivity index (χ1v) is 8.07. The normalized spacial score (nSPS) is 8.00. The standard InChI is InChI=1S/3C4H10O.C4H9O.Th/c4*1-2-3-4-5;/h3*5H,2-4H2,1H3;2-4H2,1H3;/q;;;-1;. The summed E-state index contributed by atoms with van der Waals surface area (Å²) in [7, 11) is 0. The minimum Gasteiger partial charge on any atom is -0.854 e. The molecule has 4 nitrogen and oxygen atoms in total. The first kappa shape index (κ1) is 33.7. The predicted molar refractivity (Wildman–Crippen MR) is 85.8 cm³/mol. The molecule has 0 fully saturated rings. The molecule has 0 spiro atoms. The molecule has 0 aliphatic rings. The van der Waals surface area contributed by atoms with Crippen LogP contribution in [0.3, 0.4) is 0 Å². The summed E-state index contributed by atoms with van der Waals surface area (Å²) in [6.45, 7) is 9.29. The second kappa shape index (κ2) is 49.7. The summed E-state index contributed by atoms with van der Waals surface area (Å²) in [5, 5.41) is 33.7. The fraction of sp³-hybridized carbons (Fsp3) is 1.00. The van der Waals surface area contributed by atoms with E-state index in [0.717, 1.165) is 51.4 Å². The summed E-state index contributed by atoms with van der Waals surface area (Å²) in [6.07, 6.45) is 7.98. The van der Waals surface area contributed by atoms with E-state index < -0.39 is 0 Å². The monoisotopic (exact) mass is 527 g/mol. The fourth-order valence-electron chi connectivity index (χ4n) is 0.619. The van der Waals surface area contributed by atoms with Crippen molar-refractivity contribution < 1.29 is 60.4 Å². The molecule has 0 aliphatic carbocycles. The number of aliphatic hydroxyl groups is 3. The van der Waals surface area contributed by atoms with E-state index in [2.05, 4.69) is 20.8 Å². The van der Waals surface area contributed by atoms with Crippen LogP contribution in [0.5, 0.6) is 0 Å². The van der Waals surface area contributed by atoms with Gasteiger partial charge >= 0.3 is 0 Å². The molecule has 0 aromatic carbocycles. The zero-order valence-electron chi connectivity index (χ0n) is 14.7. The van der Waals surface area contributed by atoms with E-state index >= 15 is 0 Å². The van der Waals surface area contributed by atoms with E-state index in [1.807, 2.05) is 6.92 Å². The van der Waals surface area contributed by atoms with E-state index in [1.165, 1.54) is 0 Å². The number of unbranched alkanes of at least 4 members (excludes halogenated alkanes) is 4. The van der Waals surface area contributed by atoms with Gasteiger partial charge in [-0.1, -0.05) is 59.8 Å². The molecule has 0 saturated heterocycles. The quantitative estimate of drug-likeness (QED) is 0.453. The summed E-state index contributed by atoms with van der Waals surface area (Å²) in [5.74, 6) is 0. The van der Waals surface area contributed by atoms with Crippen LogP contribution in [0.4, 0.5) is 0 Å². The van der Waals surface area contributed by atoms with Gasteiger partial charge in [0.15, 0.2) is 0 Å². The molecule has 0 aromatic heterocycles. The first-order chi connectivity index (χ1) is 9.66. The Hall–Kier alpha value is 1.16. The van der Waals surface area contributed by atoms with Crippen LogP contribution in [0.25, 0.3) is 0 Å². The number of hydrogen-bond acceptors (Lipinski definition) is 4. The Bertz CT molecular complexity index is 74.3. The van der Waals surface area contributed by atoms with Crippen molar-refractivity contribution in [2.24, 2.45) is 0 Å². The zero-order valence-corrected chi connectivity index (χ0v) is 18.8. The molecule has 21 heavy (non-hydrogen) atoms. The van der Waals surface area contributed by atoms with Gasteiger partial charge in [0.1, 0.15) is 0 Å². The molecule has 0 rings (SSSR count). The summed E-state index contributed by atoms with van der Waals surface area (Å²) in [4.78, 5) is 0. The summed E-state index contributed by atoms with van der Waals surface area (Å²) in [5.41, 5.74) is 0. The van der Waals surface area contributed by atoms with Crippen molar-refractivity contribution in [1.29, 1.82) is 0 Å². The maximum atomic E-state index is 9.53. The average Bonchev–Trinajstić information content (AvgIpc) is 2.44. The maximum Gasteiger partial charge on any atom is 0.0430 e. The van der Waals surface area contributed by atoms with E-state index in [1.54, 1.807) is 0 Å². The molecule has 5 heteroatoms. The maximum absolute atomic E-state index is 9.53. The van der Waals surface area contributed by atoms with E-state index in [9.17, 15) is 5.11 Å². The smallest absolute Gasteiger partial charge is 0.0430 e. The Labute approximate surface area is 165 Å². The van der Waals surface area contributed by atoms with Gasteiger partial charge in [0.2, 0.25) is 0 Å². The predicted octanol–water partition coefficient (Wildman–Crippen LogP) is 2.48. The van der Waals surface area contributed by atoms with Crippen LogP contribution >= 0.6 is 0 Å². The van der Waals surface area contributed by atoms with E-state index in [4.69, 9.17) is 15.3 Å². The third kappa shape index (κ3) is 92.6. The molecule has 132 valence electrons. The molecule has 0 amide bonds. The molecule has 0 radical (unpaired) electrons. The van der Waals surface area contributed by atoms with E-state index in [0.29, 0.717) is 19.8 Å². The fourth-order valence-corrected chi connectivity index (χ4v) is 0.619. The summed E-state index contributed by atoms with van der Waals surface area (Å²) in [6, 6.07) is 0. The van der Waals surface area contributed by atoms with Gasteiger partial charge in [-0.15, -0.1) is 6.61 Å². The summed E-state index contributed by atoms with van der Waals surface area (Å²) < 4.78 is 0. The van der Waals surface area contributed by atoms with Gasteiger partial charge < -0.3 is 20.4 Å². The minimum absolute atomic E-state index is 0. The molecular weight excluding hydrogens is 488 g/mol. The van der Waals surface area contributed by atoms with Gasteiger partial charge in [0, 0.05) is 59.8 Å². The second-order valence-corrected chi connectivity index (χ2v) is 4.29. The van der Waals surface area contributed by atoms with Gasteiger partial charge in [0.25, 0.3) is 0 Å². The molecule has 0 unspecified atom stereocenters. The Morgan fingerprint density at radius 1 is 0.571 bits per heavy atom. The van der Waals surface area contributed by atoms with Crippen molar-refractivity contribution in [2.45, 2.75) is 79.1 Å². The largest absolute Gasteiger partial charge is 0.854 e. The van der Waals surface area contributed by atoms with Gasteiger partial charge in [-0.2, -0.15) is 0 Å². The molecule has 0 bridgehead atoms. The van der Waals surface area contributed by atoms with Crippen molar-refractivity contribution in [3.8, 4) is 0 Å². The Morgan fingerprint density at radius 3 is 0.810 bits per heavy atom. The van der Waals surface area contributed by atoms with Gasteiger partial charge in [-0.25, -0.2) is 0 Å². The molecule has 3 N–H and O–H groups in total. The zero-order chi connectivity index (χ0) is 16.5. The molecule has 0 aromatic rings. The van der Waals surface area contributed by atoms with Crippen molar-refractivity contribution in [2.75, 3.05) is 26.4 Å². The van der Waals surface area contributed by atoms with Gasteiger partial charge in [0.05, 0.1) is 0 Å². The first-order valence-electron chi connectivity index (χ1n) is 8.07. The van der Waals surface area contributed by atoms with Gasteiger partial charge in [-0.05, 0) is 19.3 Å². The van der Waals surface area contributed by atoms with E-state index in [-0.39, 0.29) is 46.5 Å². The summed E-state index contributed by atoms with van der Waals surface area (Å²) >= 11 is 0. The Morgan fingerprint density at radius 2 is 0.810 bits per heavy atom. The minimum atomic E-state index is 0. The topological polar surface area (TPSA) is 83.8 Å². The molecule has 0 heterocycles. The Kier molecular flexibility index (Phi) is 79.7. The van der Waals surface area contributed by atoms with Crippen LogP contribution in [0, 0.1) is 39.9 Å². The SMILES string of the molecule is CCCCO.CCCCO.CCCCO.CCCC[O-].[Th]. The number of rotatable bonds is 8. The van der Waals surface area contributed by atoms with Crippen molar-refractivity contribution >= 4 is 0 Å². The molecular formula is C16H39O4Th-. The van der Waals surface area contributed by atoms with Crippen LogP contribution in [0.1, 0.15) is 79.1 Å². The molecule has 0 saturated carbocycles. The average molecular weight is 528 g/mol. The third-order valence-electron chi connectivity index (χ3n) is 2.03. The van der Waals surface area contributed by atoms with Crippen molar-refractivity contribution in [3.63, 3.8) is 0 Å². The van der Waals surface area contributed by atoms with Gasteiger partial charge in [-0.3, -0.25) is 0 Å². The molecule has 0 atom stereocenters. The van der Waals surface area contributed by atoms with Crippen LogP contribution < -0.4 is 5.11 Å². The van der Waals surface area contributed by atoms with Crippen LogP contribution in [0.15, 0.2) is 0 Å². The van der Waals surface area contributed by atoms with Crippen molar-refractivity contribution in [3.05, 3.63) is 0 Å². The Balaban J connectivity index is -0.0000000533. The van der Waals surface area contributed by atoms with Crippen molar-refractivity contribution in [1.82, 2.24) is 0 Å².